The Morgan fingerprint density at radius 3 is 2.38 bits per heavy atom. The molecule has 2 N–H and O–H groups in total. The summed E-state index contributed by atoms with van der Waals surface area (Å²) in [6, 6.07) is 14.2. The summed E-state index contributed by atoms with van der Waals surface area (Å²) in [7, 11) is 0. The summed E-state index contributed by atoms with van der Waals surface area (Å²) >= 11 is 0. The molecule has 11 heteroatoms. The summed E-state index contributed by atoms with van der Waals surface area (Å²) in [6.45, 7) is 3.11. The second kappa shape index (κ2) is 10.1. The van der Waals surface area contributed by atoms with Gasteiger partial charge in [-0.1, -0.05) is 35.0 Å². The molecule has 2 aliphatic heterocycles. The zero-order valence-electron chi connectivity index (χ0n) is 21.6. The van der Waals surface area contributed by atoms with Crippen molar-refractivity contribution in [1.29, 1.82) is 0 Å². The molecule has 6 rings (SSSR count). The van der Waals surface area contributed by atoms with E-state index in [4.69, 9.17) is 4.52 Å². The van der Waals surface area contributed by atoms with Gasteiger partial charge in [0.25, 0.3) is 0 Å². The SMILES string of the molecule is Cc1cccc(CN2C(=O)CN3C2C[NH2+]C[C@@]3(c2cc(F)cc(F)c2)c2noc(Cc3cc(F)cc(F)c3)n2)c1. The first-order valence-corrected chi connectivity index (χ1v) is 12.9. The first-order chi connectivity index (χ1) is 19.2. The van der Waals surface area contributed by atoms with Gasteiger partial charge in [-0.3, -0.25) is 4.79 Å². The highest BCUT2D eigenvalue weighted by molar-refractivity contribution is 5.81. The maximum absolute atomic E-state index is 14.6. The molecule has 7 nitrogen and oxygen atoms in total. The number of rotatable bonds is 6. The van der Waals surface area contributed by atoms with E-state index in [-0.39, 0.29) is 48.3 Å². The predicted molar refractivity (Wildman–Crippen MR) is 134 cm³/mol. The molecule has 1 amide bonds. The number of aromatic nitrogens is 2. The van der Waals surface area contributed by atoms with E-state index in [0.717, 1.165) is 35.4 Å². The average Bonchev–Trinajstić information content (AvgIpc) is 3.47. The van der Waals surface area contributed by atoms with Crippen molar-refractivity contribution in [2.45, 2.75) is 31.6 Å². The highest BCUT2D eigenvalue weighted by Crippen LogP contribution is 2.40. The third-order valence-electron chi connectivity index (χ3n) is 7.54. The summed E-state index contributed by atoms with van der Waals surface area (Å²) in [4.78, 5) is 21.6. The molecule has 2 saturated heterocycles. The number of piperazine rings is 1. The van der Waals surface area contributed by atoms with Gasteiger partial charge in [-0.2, -0.15) is 4.98 Å². The molecule has 2 aliphatic rings. The number of nitrogens with zero attached hydrogens (tertiary/aromatic N) is 4. The minimum absolute atomic E-state index is 0.0264. The maximum Gasteiger partial charge on any atom is 0.238 e. The molecular formula is C29H26F4N5O2+. The van der Waals surface area contributed by atoms with Crippen LogP contribution in [0.4, 0.5) is 17.6 Å². The Kier molecular flexibility index (Phi) is 6.63. The van der Waals surface area contributed by atoms with Gasteiger partial charge < -0.3 is 14.7 Å². The Hall–Kier alpha value is -4.09. The zero-order chi connectivity index (χ0) is 28.0. The molecule has 1 aromatic heterocycles. The number of halogens is 4. The van der Waals surface area contributed by atoms with Crippen LogP contribution in [0.5, 0.6) is 0 Å². The normalized spacial score (nSPS) is 21.2. The van der Waals surface area contributed by atoms with E-state index >= 15 is 0 Å². The smallest absolute Gasteiger partial charge is 0.238 e. The van der Waals surface area contributed by atoms with E-state index in [1.165, 1.54) is 12.1 Å². The minimum Gasteiger partial charge on any atom is -0.341 e. The van der Waals surface area contributed by atoms with E-state index in [1.807, 2.05) is 41.4 Å². The third kappa shape index (κ3) is 4.75. The average molecular weight is 553 g/mol. The van der Waals surface area contributed by atoms with E-state index in [9.17, 15) is 22.4 Å². The molecule has 3 aromatic carbocycles. The van der Waals surface area contributed by atoms with Gasteiger partial charge in [-0.05, 0) is 47.9 Å². The van der Waals surface area contributed by atoms with Crippen LogP contribution in [0.1, 0.15) is 34.0 Å². The van der Waals surface area contributed by atoms with Crippen molar-refractivity contribution >= 4 is 5.91 Å². The number of carbonyl (C=O) groups excluding carboxylic acids is 1. The number of quaternary nitrogens is 1. The van der Waals surface area contributed by atoms with Gasteiger partial charge in [-0.15, -0.1) is 0 Å². The standard InChI is InChI=1S/C29H25F4N5O2/c1-17-3-2-4-18(5-17)14-37-26-13-34-16-29(38(26)15-27(37)39,20-9-23(32)12-24(33)10-20)28-35-25(40-36-28)8-19-6-21(30)11-22(31)7-19/h2-7,9-12,26,34H,8,13-16H2,1H3/p+1/t26?,29-/m1/s1. The Balaban J connectivity index is 1.41. The molecule has 0 aliphatic carbocycles. The predicted octanol–water partition coefficient (Wildman–Crippen LogP) is 3.02. The molecule has 0 bridgehead atoms. The van der Waals surface area contributed by atoms with Crippen molar-refractivity contribution in [3.05, 3.63) is 118 Å². The van der Waals surface area contributed by atoms with Gasteiger partial charge in [0.05, 0.1) is 13.0 Å². The van der Waals surface area contributed by atoms with Crippen LogP contribution in [0.3, 0.4) is 0 Å². The fourth-order valence-electron chi connectivity index (χ4n) is 5.89. The lowest BCUT2D eigenvalue weighted by atomic mass is 9.84. The van der Waals surface area contributed by atoms with E-state index in [0.29, 0.717) is 13.1 Å². The summed E-state index contributed by atoms with van der Waals surface area (Å²) in [5.74, 6) is -3.00. The molecule has 2 atom stereocenters. The number of hydrogen-bond acceptors (Lipinski definition) is 5. The molecule has 4 aromatic rings. The number of nitrogens with two attached hydrogens (primary N) is 1. The van der Waals surface area contributed by atoms with Gasteiger partial charge in [0.1, 0.15) is 42.5 Å². The van der Waals surface area contributed by atoms with E-state index in [1.54, 1.807) is 4.90 Å². The highest BCUT2D eigenvalue weighted by Gasteiger charge is 2.58. The lowest BCUT2D eigenvalue weighted by molar-refractivity contribution is -0.684. The summed E-state index contributed by atoms with van der Waals surface area (Å²) in [6.07, 6.45) is -0.478. The van der Waals surface area contributed by atoms with Gasteiger partial charge in [-0.25, -0.2) is 22.5 Å². The Morgan fingerprint density at radius 1 is 0.975 bits per heavy atom. The lowest BCUT2D eigenvalue weighted by Gasteiger charge is -2.45. The molecule has 40 heavy (non-hydrogen) atoms. The summed E-state index contributed by atoms with van der Waals surface area (Å²) < 4.78 is 62.2. The van der Waals surface area contributed by atoms with Crippen LogP contribution in [0.15, 0.2) is 65.2 Å². The van der Waals surface area contributed by atoms with Gasteiger partial charge >= 0.3 is 0 Å². The van der Waals surface area contributed by atoms with E-state index < -0.39 is 35.0 Å². The largest absolute Gasteiger partial charge is 0.341 e. The number of benzene rings is 3. The Bertz CT molecular complexity index is 1550. The first-order valence-electron chi connectivity index (χ1n) is 12.9. The molecule has 0 saturated carbocycles. The number of carbonyl (C=O) groups is 1. The Labute approximate surface area is 227 Å². The molecule has 2 fully saturated rings. The van der Waals surface area contributed by atoms with Crippen LogP contribution in [0.2, 0.25) is 0 Å². The third-order valence-corrected chi connectivity index (χ3v) is 7.54. The monoisotopic (exact) mass is 552 g/mol. The van der Waals surface area contributed by atoms with Crippen LogP contribution in [0, 0.1) is 30.2 Å². The first kappa shape index (κ1) is 26.1. The number of fused-ring (bicyclic) bond motifs is 1. The van der Waals surface area contributed by atoms with Gasteiger partial charge in [0, 0.05) is 18.7 Å². The minimum atomic E-state index is -1.32. The molecule has 0 radical (unpaired) electrons. The summed E-state index contributed by atoms with van der Waals surface area (Å²) in [5, 5.41) is 6.15. The van der Waals surface area contributed by atoms with Crippen molar-refractivity contribution in [3.8, 4) is 0 Å². The Morgan fingerprint density at radius 2 is 1.68 bits per heavy atom. The van der Waals surface area contributed by atoms with E-state index in [2.05, 4.69) is 10.1 Å². The zero-order valence-corrected chi connectivity index (χ0v) is 21.6. The van der Waals surface area contributed by atoms with Crippen molar-refractivity contribution in [2.75, 3.05) is 19.6 Å². The second-order valence-corrected chi connectivity index (χ2v) is 10.3. The molecule has 1 unspecified atom stereocenters. The second-order valence-electron chi connectivity index (χ2n) is 10.3. The molecule has 0 spiro atoms. The van der Waals surface area contributed by atoms with Crippen molar-refractivity contribution < 1.29 is 32.2 Å². The molecule has 206 valence electrons. The van der Waals surface area contributed by atoms with Gasteiger partial charge in [0.2, 0.25) is 17.6 Å². The molecular weight excluding hydrogens is 526 g/mol. The van der Waals surface area contributed by atoms with Crippen LogP contribution in [-0.2, 0) is 23.3 Å². The topological polar surface area (TPSA) is 79.1 Å². The van der Waals surface area contributed by atoms with Crippen LogP contribution < -0.4 is 5.32 Å². The van der Waals surface area contributed by atoms with Gasteiger partial charge in [0.15, 0.2) is 5.54 Å². The summed E-state index contributed by atoms with van der Waals surface area (Å²) in [5.41, 5.74) is 1.23. The van der Waals surface area contributed by atoms with Crippen LogP contribution in [0.25, 0.3) is 0 Å². The fourth-order valence-corrected chi connectivity index (χ4v) is 5.89. The van der Waals surface area contributed by atoms with Crippen LogP contribution >= 0.6 is 0 Å². The van der Waals surface area contributed by atoms with Crippen molar-refractivity contribution in [2.24, 2.45) is 0 Å². The fraction of sp³-hybridized carbons (Fsp3) is 0.276. The lowest BCUT2D eigenvalue weighted by Crippen LogP contribution is -2.96. The highest BCUT2D eigenvalue weighted by atomic mass is 19.1. The quantitative estimate of drug-likeness (QED) is 0.372. The number of amides is 1. The molecule has 3 heterocycles. The maximum atomic E-state index is 14.6. The van der Waals surface area contributed by atoms with Crippen molar-refractivity contribution in [3.63, 3.8) is 0 Å². The number of aryl methyl sites for hydroxylation is 1. The number of hydrogen-bond donors (Lipinski definition) is 1. The van der Waals surface area contributed by atoms with Crippen LogP contribution in [-0.4, -0.2) is 51.6 Å². The van der Waals surface area contributed by atoms with Crippen molar-refractivity contribution in [1.82, 2.24) is 19.9 Å².